The van der Waals surface area contributed by atoms with Crippen LogP contribution < -0.4 is 5.32 Å². The molecule has 0 saturated heterocycles. The summed E-state index contributed by atoms with van der Waals surface area (Å²) < 4.78 is 0. The van der Waals surface area contributed by atoms with E-state index >= 15 is 0 Å². The average Bonchev–Trinajstić information content (AvgIpc) is 2.54. The highest BCUT2D eigenvalue weighted by Crippen LogP contribution is 2.09. The second-order valence-corrected chi connectivity index (χ2v) is 5.44. The van der Waals surface area contributed by atoms with E-state index in [0.29, 0.717) is 24.2 Å². The number of carboxylic acids is 1. The molecule has 6 nitrogen and oxygen atoms in total. The molecule has 0 bridgehead atoms. The van der Waals surface area contributed by atoms with E-state index < -0.39 is 17.9 Å². The summed E-state index contributed by atoms with van der Waals surface area (Å²) in [5.74, 6) is -2.07. The van der Waals surface area contributed by atoms with Crippen molar-refractivity contribution in [2.24, 2.45) is 5.92 Å². The first-order valence-corrected chi connectivity index (χ1v) is 7.74. The molecule has 0 fully saturated rings. The summed E-state index contributed by atoms with van der Waals surface area (Å²) in [5.41, 5.74) is 0.919. The molecule has 1 rings (SSSR count). The van der Waals surface area contributed by atoms with Gasteiger partial charge in [-0.15, -0.1) is 0 Å². The molecule has 0 heterocycles. The van der Waals surface area contributed by atoms with Crippen molar-refractivity contribution in [3.63, 3.8) is 0 Å². The number of nitrogens with zero attached hydrogens (tertiary/aromatic N) is 1. The van der Waals surface area contributed by atoms with Crippen molar-refractivity contribution >= 4 is 17.8 Å². The fourth-order valence-electron chi connectivity index (χ4n) is 2.09. The number of rotatable bonds is 7. The van der Waals surface area contributed by atoms with E-state index in [9.17, 15) is 14.4 Å². The lowest BCUT2D eigenvalue weighted by molar-refractivity contribution is -0.141. The third kappa shape index (κ3) is 4.81. The molecular weight excluding hydrogens is 296 g/mol. The van der Waals surface area contributed by atoms with Gasteiger partial charge in [-0.05, 0) is 52.0 Å². The first-order chi connectivity index (χ1) is 10.8. The van der Waals surface area contributed by atoms with Crippen LogP contribution >= 0.6 is 0 Å². The predicted octanol–water partition coefficient (Wildman–Crippen LogP) is 2.01. The summed E-state index contributed by atoms with van der Waals surface area (Å²) >= 11 is 0. The fraction of sp³-hybridized carbons (Fsp3) is 0.471. The number of carbonyl (C=O) groups is 3. The standard InChI is InChI=1S/C17H24N2O4/c1-5-19(6-2)16(21)14-9-7-13(8-10-14)15(20)18-12(4)11(3)17(22)23/h7-12H,5-6H2,1-4H3,(H,18,20)(H,22,23). The van der Waals surface area contributed by atoms with E-state index in [4.69, 9.17) is 5.11 Å². The quantitative estimate of drug-likeness (QED) is 0.804. The minimum Gasteiger partial charge on any atom is -0.481 e. The number of aliphatic carboxylic acids is 1. The monoisotopic (exact) mass is 320 g/mol. The Morgan fingerprint density at radius 1 is 1.04 bits per heavy atom. The highest BCUT2D eigenvalue weighted by molar-refractivity contribution is 5.98. The summed E-state index contributed by atoms with van der Waals surface area (Å²) in [6.07, 6.45) is 0. The van der Waals surface area contributed by atoms with Crippen LogP contribution in [0.25, 0.3) is 0 Å². The van der Waals surface area contributed by atoms with Crippen LogP contribution in [0.4, 0.5) is 0 Å². The lowest BCUT2D eigenvalue weighted by Crippen LogP contribution is -2.40. The zero-order valence-electron chi connectivity index (χ0n) is 14.0. The SMILES string of the molecule is CCN(CC)C(=O)c1ccc(C(=O)NC(C)C(C)C(=O)O)cc1. The topological polar surface area (TPSA) is 86.7 Å². The highest BCUT2D eigenvalue weighted by Gasteiger charge is 2.21. The Morgan fingerprint density at radius 2 is 1.52 bits per heavy atom. The van der Waals surface area contributed by atoms with Crippen LogP contribution in [0, 0.1) is 5.92 Å². The lowest BCUT2D eigenvalue weighted by atomic mass is 10.0. The number of carbonyl (C=O) groups excluding carboxylic acids is 2. The smallest absolute Gasteiger partial charge is 0.308 e. The van der Waals surface area contributed by atoms with Crippen LogP contribution in [-0.4, -0.2) is 46.9 Å². The largest absolute Gasteiger partial charge is 0.481 e. The van der Waals surface area contributed by atoms with Crippen molar-refractivity contribution in [1.82, 2.24) is 10.2 Å². The highest BCUT2D eigenvalue weighted by atomic mass is 16.4. The molecule has 1 aromatic carbocycles. The van der Waals surface area contributed by atoms with Gasteiger partial charge in [0.15, 0.2) is 0 Å². The predicted molar refractivity (Wildman–Crippen MR) is 87.4 cm³/mol. The minimum atomic E-state index is -0.960. The van der Waals surface area contributed by atoms with Gasteiger partial charge in [0.05, 0.1) is 5.92 Å². The second-order valence-electron chi connectivity index (χ2n) is 5.44. The zero-order valence-corrected chi connectivity index (χ0v) is 14.0. The Kier molecular flexibility index (Phi) is 6.75. The molecule has 126 valence electrons. The molecule has 2 unspecified atom stereocenters. The lowest BCUT2D eigenvalue weighted by Gasteiger charge is -2.19. The molecule has 23 heavy (non-hydrogen) atoms. The van der Waals surface area contributed by atoms with Crippen LogP contribution in [0.3, 0.4) is 0 Å². The van der Waals surface area contributed by atoms with Crippen LogP contribution in [-0.2, 0) is 4.79 Å². The molecular formula is C17H24N2O4. The molecule has 0 spiro atoms. The van der Waals surface area contributed by atoms with Crippen LogP contribution in [0.2, 0.25) is 0 Å². The number of carboxylic acid groups (broad SMARTS) is 1. The minimum absolute atomic E-state index is 0.0742. The molecule has 0 saturated carbocycles. The summed E-state index contributed by atoms with van der Waals surface area (Å²) in [6.45, 7) is 8.26. The van der Waals surface area contributed by atoms with E-state index in [-0.39, 0.29) is 11.8 Å². The molecule has 6 heteroatoms. The summed E-state index contributed by atoms with van der Waals surface area (Å²) in [5, 5.41) is 11.6. The number of hydrogen-bond acceptors (Lipinski definition) is 3. The molecule has 0 aliphatic rings. The van der Waals surface area contributed by atoms with Gasteiger partial charge in [-0.2, -0.15) is 0 Å². The molecule has 2 amide bonds. The van der Waals surface area contributed by atoms with Gasteiger partial charge in [0.1, 0.15) is 0 Å². The van der Waals surface area contributed by atoms with Crippen LogP contribution in [0.1, 0.15) is 48.4 Å². The van der Waals surface area contributed by atoms with Crippen molar-refractivity contribution in [3.05, 3.63) is 35.4 Å². The fourth-order valence-corrected chi connectivity index (χ4v) is 2.09. The maximum Gasteiger partial charge on any atom is 0.308 e. The van der Waals surface area contributed by atoms with Crippen molar-refractivity contribution in [1.29, 1.82) is 0 Å². The first-order valence-electron chi connectivity index (χ1n) is 7.74. The maximum absolute atomic E-state index is 12.2. The molecule has 2 atom stereocenters. The Labute approximate surface area is 136 Å². The molecule has 0 aromatic heterocycles. The Balaban J connectivity index is 2.78. The molecule has 1 aromatic rings. The van der Waals surface area contributed by atoms with E-state index in [1.807, 2.05) is 13.8 Å². The number of amides is 2. The van der Waals surface area contributed by atoms with Gasteiger partial charge in [-0.1, -0.05) is 0 Å². The zero-order chi connectivity index (χ0) is 17.6. The van der Waals surface area contributed by atoms with E-state index in [1.54, 1.807) is 43.0 Å². The Hall–Kier alpha value is -2.37. The van der Waals surface area contributed by atoms with Crippen LogP contribution in [0.15, 0.2) is 24.3 Å². The van der Waals surface area contributed by atoms with Crippen LogP contribution in [0.5, 0.6) is 0 Å². The van der Waals surface area contributed by atoms with Gasteiger partial charge in [0, 0.05) is 30.3 Å². The second kappa shape index (κ2) is 8.31. The molecule has 2 N–H and O–H groups in total. The first kappa shape index (κ1) is 18.7. The number of benzene rings is 1. The van der Waals surface area contributed by atoms with Gasteiger partial charge < -0.3 is 15.3 Å². The average molecular weight is 320 g/mol. The summed E-state index contributed by atoms with van der Waals surface area (Å²) in [7, 11) is 0. The van der Waals surface area contributed by atoms with Crippen molar-refractivity contribution in [2.75, 3.05) is 13.1 Å². The third-order valence-electron chi connectivity index (χ3n) is 3.94. The van der Waals surface area contributed by atoms with Crippen molar-refractivity contribution in [2.45, 2.75) is 33.7 Å². The summed E-state index contributed by atoms with van der Waals surface area (Å²) in [4.78, 5) is 36.9. The summed E-state index contributed by atoms with van der Waals surface area (Å²) in [6, 6.07) is 5.88. The van der Waals surface area contributed by atoms with Gasteiger partial charge in [-0.3, -0.25) is 14.4 Å². The van der Waals surface area contributed by atoms with Gasteiger partial charge in [0.25, 0.3) is 11.8 Å². The van der Waals surface area contributed by atoms with Crippen molar-refractivity contribution in [3.8, 4) is 0 Å². The number of hydrogen-bond donors (Lipinski definition) is 2. The Bertz CT molecular complexity index is 564. The number of nitrogens with one attached hydrogen (secondary N) is 1. The van der Waals surface area contributed by atoms with Crippen molar-refractivity contribution < 1.29 is 19.5 Å². The Morgan fingerprint density at radius 3 is 1.96 bits per heavy atom. The molecule has 0 aliphatic heterocycles. The molecule has 0 aliphatic carbocycles. The van der Waals surface area contributed by atoms with Gasteiger partial charge in [0.2, 0.25) is 0 Å². The van der Waals surface area contributed by atoms with Gasteiger partial charge in [-0.25, -0.2) is 0 Å². The van der Waals surface area contributed by atoms with Gasteiger partial charge >= 0.3 is 5.97 Å². The van der Waals surface area contributed by atoms with E-state index in [0.717, 1.165) is 0 Å². The molecule has 0 radical (unpaired) electrons. The normalized spacial score (nSPS) is 13.0. The maximum atomic E-state index is 12.2. The van der Waals surface area contributed by atoms with E-state index in [2.05, 4.69) is 5.32 Å². The third-order valence-corrected chi connectivity index (χ3v) is 3.94. The van der Waals surface area contributed by atoms with E-state index in [1.165, 1.54) is 0 Å².